The predicted molar refractivity (Wildman–Crippen MR) is 139 cm³/mol. The van der Waals surface area contributed by atoms with Gasteiger partial charge in [-0.1, -0.05) is 64.1 Å². The quantitative estimate of drug-likeness (QED) is 0.486. The minimum Gasteiger partial charge on any atom is -0.365 e. The van der Waals surface area contributed by atoms with Gasteiger partial charge in [0.15, 0.2) is 11.4 Å². The number of hydrogen-bond acceptors (Lipinski definition) is 6. The third kappa shape index (κ3) is 3.56. The Morgan fingerprint density at radius 2 is 1.09 bits per heavy atom. The normalized spacial score (nSPS) is 22.9. The lowest BCUT2D eigenvalue weighted by Crippen LogP contribution is -2.40. The molecule has 2 heterocycles. The summed E-state index contributed by atoms with van der Waals surface area (Å²) < 4.78 is 0. The number of fused-ring (bicyclic) bond motifs is 2. The van der Waals surface area contributed by atoms with Crippen LogP contribution in [0.5, 0.6) is 0 Å². The molecule has 2 aromatic carbocycles. The number of aliphatic imine (C=N–C) groups is 2. The zero-order valence-corrected chi connectivity index (χ0v) is 20.6. The first-order chi connectivity index (χ1) is 16.1. The number of rotatable bonds is 4. The Morgan fingerprint density at radius 3 is 1.41 bits per heavy atom. The van der Waals surface area contributed by atoms with E-state index in [1.165, 1.54) is 11.1 Å². The molecule has 2 aromatic rings. The fourth-order valence-corrected chi connectivity index (χ4v) is 5.39. The van der Waals surface area contributed by atoms with Crippen molar-refractivity contribution in [2.75, 3.05) is 23.9 Å². The molecular weight excluding hydrogens is 420 g/mol. The highest BCUT2D eigenvalue weighted by atomic mass is 15.2. The van der Waals surface area contributed by atoms with E-state index >= 15 is 0 Å². The van der Waals surface area contributed by atoms with Gasteiger partial charge in [-0.05, 0) is 23.3 Å². The molecule has 6 heteroatoms. The molecule has 0 bridgehead atoms. The van der Waals surface area contributed by atoms with Gasteiger partial charge < -0.3 is 9.80 Å². The number of likely N-dealkylation sites (N-methyl/N-ethyl adjacent to an activating group) is 2. The molecule has 0 aliphatic carbocycles. The molecule has 6 nitrogen and oxygen atoms in total. The highest BCUT2D eigenvalue weighted by Crippen LogP contribution is 2.44. The van der Waals surface area contributed by atoms with E-state index in [4.69, 9.17) is 0 Å². The van der Waals surface area contributed by atoms with E-state index in [1.54, 1.807) is 12.4 Å². The van der Waals surface area contributed by atoms with Crippen LogP contribution < -0.4 is 9.80 Å². The Morgan fingerprint density at radius 1 is 0.735 bits per heavy atom. The van der Waals surface area contributed by atoms with E-state index in [2.05, 4.69) is 83.9 Å². The van der Waals surface area contributed by atoms with E-state index in [9.17, 15) is 10.5 Å². The Kier molecular flexibility index (Phi) is 5.79. The molecule has 4 rings (SSSR count). The average Bonchev–Trinajstić information content (AvgIpc) is 3.15. The number of allylic oxidation sites excluding steroid dienone is 2. The lowest BCUT2D eigenvalue weighted by atomic mass is 9.81. The van der Waals surface area contributed by atoms with E-state index in [0.717, 1.165) is 11.4 Å². The molecular formula is C28H30N6. The van der Waals surface area contributed by atoms with Crippen LogP contribution in [-0.4, -0.2) is 38.6 Å². The molecule has 0 radical (unpaired) electrons. The van der Waals surface area contributed by atoms with Crippen molar-refractivity contribution in [1.82, 2.24) is 0 Å². The minimum atomic E-state index is -0.187. The highest BCUT2D eigenvalue weighted by molar-refractivity contribution is 5.82. The van der Waals surface area contributed by atoms with Gasteiger partial charge in [-0.2, -0.15) is 10.5 Å². The van der Waals surface area contributed by atoms with Crippen LogP contribution in [0.4, 0.5) is 11.4 Å². The van der Waals surface area contributed by atoms with E-state index < -0.39 is 0 Å². The van der Waals surface area contributed by atoms with Gasteiger partial charge in [-0.15, -0.1) is 0 Å². The Bertz CT molecular complexity index is 1180. The van der Waals surface area contributed by atoms with Crippen molar-refractivity contribution in [3.63, 3.8) is 0 Å². The maximum atomic E-state index is 9.79. The second kappa shape index (κ2) is 8.47. The summed E-state index contributed by atoms with van der Waals surface area (Å²) in [5.74, 6) is 0. The van der Waals surface area contributed by atoms with E-state index in [1.807, 2.05) is 38.4 Å². The average molecular weight is 451 g/mol. The molecule has 0 N–H and O–H groups in total. The molecule has 0 aromatic heterocycles. The monoisotopic (exact) mass is 450 g/mol. The molecule has 0 amide bonds. The summed E-state index contributed by atoms with van der Waals surface area (Å²) in [6.45, 7) is 8.67. The summed E-state index contributed by atoms with van der Waals surface area (Å²) in [6.07, 6.45) is 3.54. The molecule has 2 aliphatic rings. The van der Waals surface area contributed by atoms with Crippen molar-refractivity contribution in [3.05, 3.63) is 71.1 Å². The zero-order valence-electron chi connectivity index (χ0n) is 20.6. The fraction of sp³-hybridized carbons (Fsp3) is 0.357. The molecule has 34 heavy (non-hydrogen) atoms. The lowest BCUT2D eigenvalue weighted by molar-refractivity contribution is 0.512. The standard InChI is InChI=1S/C28H30N6/c1-27(2)19-11-7-9-13-23(19)33(5)25(27)17-31-21(15-29)22(16-30)32-18-26-28(3,4)20-12-8-10-14-24(20)34(26)6/h7-14,17-18,25-26H,1-6H3/b22-21-,31-17?,32-18?. The van der Waals surface area contributed by atoms with Gasteiger partial charge in [0.05, 0.1) is 12.1 Å². The van der Waals surface area contributed by atoms with Crippen LogP contribution in [0.25, 0.3) is 0 Å². The second-order valence-electron chi connectivity index (χ2n) is 10.1. The van der Waals surface area contributed by atoms with Crippen LogP contribution in [0.15, 0.2) is 69.9 Å². The van der Waals surface area contributed by atoms with Gasteiger partial charge in [0.25, 0.3) is 0 Å². The number of nitriles is 2. The van der Waals surface area contributed by atoms with Gasteiger partial charge in [0.2, 0.25) is 0 Å². The maximum Gasteiger partial charge on any atom is 0.176 e. The predicted octanol–water partition coefficient (Wildman–Crippen LogP) is 4.98. The summed E-state index contributed by atoms with van der Waals surface area (Å²) in [7, 11) is 4.05. The minimum absolute atomic E-state index is 0.0230. The van der Waals surface area contributed by atoms with Gasteiger partial charge in [-0.25, -0.2) is 9.98 Å². The van der Waals surface area contributed by atoms with Crippen LogP contribution in [-0.2, 0) is 10.8 Å². The molecule has 0 fully saturated rings. The molecule has 2 unspecified atom stereocenters. The summed E-state index contributed by atoms with van der Waals surface area (Å²) in [4.78, 5) is 13.3. The SMILES string of the molecule is CN1c2ccccc2C(C)(C)C1C=N/C(C#N)=C(/C#N)N=CC1N(C)c2ccccc2C1(C)C. The lowest BCUT2D eigenvalue weighted by Gasteiger charge is -2.29. The van der Waals surface area contributed by atoms with Gasteiger partial charge in [0, 0.05) is 48.7 Å². The zero-order chi connectivity index (χ0) is 24.7. The first kappa shape index (κ1) is 23.3. The number of hydrogen-bond donors (Lipinski definition) is 0. The van der Waals surface area contributed by atoms with Crippen molar-refractivity contribution in [1.29, 1.82) is 10.5 Å². The van der Waals surface area contributed by atoms with Crippen LogP contribution in [0.3, 0.4) is 0 Å². The Balaban J connectivity index is 1.63. The molecule has 172 valence electrons. The summed E-state index contributed by atoms with van der Waals surface area (Å²) >= 11 is 0. The molecule has 2 aliphatic heterocycles. The van der Waals surface area contributed by atoms with Crippen LogP contribution in [0, 0.1) is 22.7 Å². The number of anilines is 2. The van der Waals surface area contributed by atoms with E-state index in [0.29, 0.717) is 0 Å². The topological polar surface area (TPSA) is 78.8 Å². The van der Waals surface area contributed by atoms with Crippen molar-refractivity contribution in [3.8, 4) is 12.1 Å². The van der Waals surface area contributed by atoms with Gasteiger partial charge >= 0.3 is 0 Å². The number of nitrogens with zero attached hydrogens (tertiary/aromatic N) is 6. The van der Waals surface area contributed by atoms with Crippen molar-refractivity contribution >= 4 is 23.8 Å². The summed E-state index contributed by atoms with van der Waals surface area (Å²) in [6, 6.07) is 20.6. The fourth-order valence-electron chi connectivity index (χ4n) is 5.39. The Labute approximate surface area is 202 Å². The maximum absolute atomic E-state index is 9.79. The van der Waals surface area contributed by atoms with Crippen LogP contribution >= 0.6 is 0 Å². The molecule has 2 atom stereocenters. The van der Waals surface area contributed by atoms with Crippen molar-refractivity contribution < 1.29 is 0 Å². The first-order valence-electron chi connectivity index (χ1n) is 11.4. The number of benzene rings is 2. The third-order valence-corrected chi connectivity index (χ3v) is 7.40. The molecule has 0 saturated heterocycles. The molecule has 0 saturated carbocycles. The highest BCUT2D eigenvalue weighted by Gasteiger charge is 2.43. The van der Waals surface area contributed by atoms with E-state index in [-0.39, 0.29) is 34.3 Å². The summed E-state index contributed by atoms with van der Waals surface area (Å²) in [5.41, 5.74) is 4.45. The van der Waals surface area contributed by atoms with Crippen LogP contribution in [0.1, 0.15) is 38.8 Å². The summed E-state index contributed by atoms with van der Waals surface area (Å²) in [5, 5.41) is 19.6. The van der Waals surface area contributed by atoms with Gasteiger partial charge in [0.1, 0.15) is 12.1 Å². The largest absolute Gasteiger partial charge is 0.365 e. The first-order valence-corrected chi connectivity index (χ1v) is 11.4. The van der Waals surface area contributed by atoms with Gasteiger partial charge in [-0.3, -0.25) is 0 Å². The van der Waals surface area contributed by atoms with Crippen LogP contribution in [0.2, 0.25) is 0 Å². The smallest absolute Gasteiger partial charge is 0.176 e. The van der Waals surface area contributed by atoms with Crippen molar-refractivity contribution in [2.45, 2.75) is 50.6 Å². The molecule has 0 spiro atoms. The third-order valence-electron chi connectivity index (χ3n) is 7.40. The number of para-hydroxylation sites is 2. The Hall–Kier alpha value is -3.90. The van der Waals surface area contributed by atoms with Crippen molar-refractivity contribution in [2.24, 2.45) is 9.98 Å². The second-order valence-corrected chi connectivity index (χ2v) is 10.1.